The molecule has 3 aromatic rings. The highest BCUT2D eigenvalue weighted by Gasteiger charge is 2.05. The molecule has 0 atom stereocenters. The Hall–Kier alpha value is -2.26. The molecule has 3 heteroatoms. The van der Waals surface area contributed by atoms with Gasteiger partial charge < -0.3 is 14.9 Å². The van der Waals surface area contributed by atoms with E-state index in [9.17, 15) is 0 Å². The zero-order valence-corrected chi connectivity index (χ0v) is 10.7. The van der Waals surface area contributed by atoms with Gasteiger partial charge in [0.15, 0.2) is 0 Å². The van der Waals surface area contributed by atoms with Crippen LogP contribution in [0.25, 0.3) is 22.1 Å². The number of ether oxygens (including phenoxy) is 1. The van der Waals surface area contributed by atoms with E-state index in [1.807, 2.05) is 36.4 Å². The van der Waals surface area contributed by atoms with Crippen molar-refractivity contribution >= 4 is 10.8 Å². The molecule has 0 saturated heterocycles. The lowest BCUT2D eigenvalue weighted by molar-refractivity contribution is 0.415. The third-order valence-corrected chi connectivity index (χ3v) is 3.19. The summed E-state index contributed by atoms with van der Waals surface area (Å²) in [7, 11) is 1.67. The number of hydrogen-bond donors (Lipinski definition) is 1. The summed E-state index contributed by atoms with van der Waals surface area (Å²) in [5.41, 5.74) is 6.61. The van der Waals surface area contributed by atoms with E-state index in [0.717, 1.165) is 33.6 Å². The van der Waals surface area contributed by atoms with Gasteiger partial charge in [-0.2, -0.15) is 0 Å². The Bertz CT molecular complexity index is 716. The number of methoxy groups -OCH3 is 1. The van der Waals surface area contributed by atoms with Crippen LogP contribution in [0.15, 0.2) is 52.9 Å². The normalized spacial score (nSPS) is 10.8. The Morgan fingerprint density at radius 1 is 1.00 bits per heavy atom. The van der Waals surface area contributed by atoms with Crippen LogP contribution >= 0.6 is 0 Å². The van der Waals surface area contributed by atoms with Gasteiger partial charge in [0.25, 0.3) is 0 Å². The summed E-state index contributed by atoms with van der Waals surface area (Å²) in [6, 6.07) is 16.1. The number of fused-ring (bicyclic) bond motifs is 1. The second-order valence-electron chi connectivity index (χ2n) is 4.40. The topological polar surface area (TPSA) is 48.4 Å². The van der Waals surface area contributed by atoms with E-state index < -0.39 is 0 Å². The van der Waals surface area contributed by atoms with Crippen molar-refractivity contribution < 1.29 is 9.15 Å². The highest BCUT2D eigenvalue weighted by atomic mass is 16.5. The lowest BCUT2D eigenvalue weighted by Gasteiger charge is -2.04. The van der Waals surface area contributed by atoms with Crippen LogP contribution in [-0.4, -0.2) is 7.11 Å². The summed E-state index contributed by atoms with van der Waals surface area (Å²) in [5.74, 6) is 2.51. The van der Waals surface area contributed by atoms with E-state index in [1.165, 1.54) is 0 Å². The molecule has 0 saturated carbocycles. The molecule has 0 aliphatic carbocycles. The fourth-order valence-electron chi connectivity index (χ4n) is 2.15. The van der Waals surface area contributed by atoms with Crippen LogP contribution in [0.4, 0.5) is 0 Å². The minimum Gasteiger partial charge on any atom is -0.497 e. The van der Waals surface area contributed by atoms with Crippen molar-refractivity contribution in [1.29, 1.82) is 0 Å². The van der Waals surface area contributed by atoms with Crippen molar-refractivity contribution in [3.05, 3.63) is 54.3 Å². The molecule has 96 valence electrons. The van der Waals surface area contributed by atoms with Crippen LogP contribution in [0.5, 0.6) is 5.75 Å². The number of nitrogens with two attached hydrogens (primary N) is 1. The average Bonchev–Trinajstić information content (AvgIpc) is 2.95. The van der Waals surface area contributed by atoms with E-state index in [-0.39, 0.29) is 0 Å². The van der Waals surface area contributed by atoms with E-state index in [2.05, 4.69) is 12.1 Å². The fourth-order valence-corrected chi connectivity index (χ4v) is 2.15. The maximum Gasteiger partial charge on any atom is 0.134 e. The summed E-state index contributed by atoms with van der Waals surface area (Å²) in [6.45, 7) is 0.421. The van der Waals surface area contributed by atoms with Crippen molar-refractivity contribution in [2.45, 2.75) is 6.54 Å². The molecule has 0 radical (unpaired) electrons. The van der Waals surface area contributed by atoms with Crippen LogP contribution in [-0.2, 0) is 6.54 Å². The lowest BCUT2D eigenvalue weighted by Crippen LogP contribution is -1.92. The van der Waals surface area contributed by atoms with E-state index in [0.29, 0.717) is 6.54 Å². The number of hydrogen-bond acceptors (Lipinski definition) is 3. The second-order valence-corrected chi connectivity index (χ2v) is 4.40. The summed E-state index contributed by atoms with van der Waals surface area (Å²) < 4.78 is 10.9. The van der Waals surface area contributed by atoms with Gasteiger partial charge in [-0.1, -0.05) is 18.2 Å². The van der Waals surface area contributed by atoms with Crippen LogP contribution < -0.4 is 10.5 Å². The Labute approximate surface area is 111 Å². The third-order valence-electron chi connectivity index (χ3n) is 3.19. The zero-order chi connectivity index (χ0) is 13.2. The molecule has 0 aliphatic rings. The highest BCUT2D eigenvalue weighted by molar-refractivity contribution is 5.87. The van der Waals surface area contributed by atoms with Gasteiger partial charge in [-0.15, -0.1) is 0 Å². The third kappa shape index (κ3) is 2.20. The average molecular weight is 253 g/mol. The van der Waals surface area contributed by atoms with Gasteiger partial charge in [-0.3, -0.25) is 0 Å². The molecule has 1 heterocycles. The van der Waals surface area contributed by atoms with Crippen molar-refractivity contribution in [2.75, 3.05) is 7.11 Å². The van der Waals surface area contributed by atoms with Gasteiger partial charge in [0.05, 0.1) is 13.7 Å². The lowest BCUT2D eigenvalue weighted by atomic mass is 10.1. The van der Waals surface area contributed by atoms with E-state index in [1.54, 1.807) is 7.11 Å². The Morgan fingerprint density at radius 3 is 2.53 bits per heavy atom. The molecule has 0 unspecified atom stereocenters. The number of benzene rings is 2. The zero-order valence-electron chi connectivity index (χ0n) is 10.7. The Morgan fingerprint density at radius 2 is 1.79 bits per heavy atom. The Balaban J connectivity index is 2.06. The smallest absolute Gasteiger partial charge is 0.134 e. The van der Waals surface area contributed by atoms with Crippen LogP contribution in [0.1, 0.15) is 5.76 Å². The first-order valence-electron chi connectivity index (χ1n) is 6.17. The van der Waals surface area contributed by atoms with Gasteiger partial charge in [0, 0.05) is 5.56 Å². The molecule has 0 fully saturated rings. The maximum absolute atomic E-state index is 5.66. The monoisotopic (exact) mass is 253 g/mol. The summed E-state index contributed by atoms with van der Waals surface area (Å²) in [6.07, 6.45) is 0. The van der Waals surface area contributed by atoms with Gasteiger partial charge in [0.2, 0.25) is 0 Å². The molecule has 2 N–H and O–H groups in total. The number of furan rings is 1. The first-order valence-corrected chi connectivity index (χ1v) is 6.17. The van der Waals surface area contributed by atoms with Crippen LogP contribution in [0, 0.1) is 0 Å². The number of rotatable bonds is 3. The van der Waals surface area contributed by atoms with Gasteiger partial charge in [0.1, 0.15) is 17.3 Å². The van der Waals surface area contributed by atoms with Crippen LogP contribution in [0.2, 0.25) is 0 Å². The molecule has 0 amide bonds. The molecular weight excluding hydrogens is 238 g/mol. The van der Waals surface area contributed by atoms with Crippen molar-refractivity contribution in [2.24, 2.45) is 5.73 Å². The minimum absolute atomic E-state index is 0.421. The highest BCUT2D eigenvalue weighted by Crippen LogP contribution is 2.28. The molecular formula is C16H15NO2. The van der Waals surface area contributed by atoms with Crippen molar-refractivity contribution in [1.82, 2.24) is 0 Å². The van der Waals surface area contributed by atoms with E-state index in [4.69, 9.17) is 14.9 Å². The molecule has 0 bridgehead atoms. The largest absolute Gasteiger partial charge is 0.497 e. The fraction of sp³-hybridized carbons (Fsp3) is 0.125. The molecule has 0 spiro atoms. The predicted molar refractivity (Wildman–Crippen MR) is 76.1 cm³/mol. The molecule has 2 aromatic carbocycles. The second kappa shape index (κ2) is 4.78. The van der Waals surface area contributed by atoms with E-state index >= 15 is 0 Å². The standard InChI is InChI=1S/C16H15NO2/c1-18-14-5-4-11-8-13(3-2-12(11)9-14)16-7-6-15(10-17)19-16/h2-9H,10,17H2,1H3. The Kier molecular flexibility index (Phi) is 2.97. The molecule has 0 aliphatic heterocycles. The summed E-state index contributed by atoms with van der Waals surface area (Å²) in [5, 5.41) is 2.30. The first kappa shape index (κ1) is 11.8. The molecule has 3 rings (SSSR count). The quantitative estimate of drug-likeness (QED) is 0.776. The first-order chi connectivity index (χ1) is 9.30. The van der Waals surface area contributed by atoms with Crippen LogP contribution in [0.3, 0.4) is 0 Å². The summed E-state index contributed by atoms with van der Waals surface area (Å²) in [4.78, 5) is 0. The SMILES string of the molecule is COc1ccc2cc(-c3ccc(CN)o3)ccc2c1. The minimum atomic E-state index is 0.421. The van der Waals surface area contributed by atoms with Gasteiger partial charge >= 0.3 is 0 Å². The maximum atomic E-state index is 5.66. The van der Waals surface area contributed by atoms with Gasteiger partial charge in [-0.05, 0) is 41.1 Å². The molecule has 19 heavy (non-hydrogen) atoms. The van der Waals surface area contributed by atoms with Crippen molar-refractivity contribution in [3.8, 4) is 17.1 Å². The molecule has 3 nitrogen and oxygen atoms in total. The molecule has 1 aromatic heterocycles. The van der Waals surface area contributed by atoms with Crippen molar-refractivity contribution in [3.63, 3.8) is 0 Å². The summed E-state index contributed by atoms with van der Waals surface area (Å²) >= 11 is 0. The predicted octanol–water partition coefficient (Wildman–Crippen LogP) is 3.57. The van der Waals surface area contributed by atoms with Gasteiger partial charge in [-0.25, -0.2) is 0 Å².